The van der Waals surface area contributed by atoms with E-state index >= 15 is 0 Å². The van der Waals surface area contributed by atoms with E-state index in [-0.39, 0.29) is 34.6 Å². The molecule has 2 saturated heterocycles. The Morgan fingerprint density at radius 3 is 2.71 bits per heavy atom. The standard InChI is InChI=1S/C12H11IO4/c13-10-11(7-4-2-1-3-5-7)17-16-8-6-9(14)15-12(8)10/h1-5,8,10-12H,6H2/t8-,10?,11+,12+/m0/s1. The Morgan fingerprint density at radius 2 is 1.94 bits per heavy atom. The molecule has 0 aromatic heterocycles. The zero-order chi connectivity index (χ0) is 11.8. The summed E-state index contributed by atoms with van der Waals surface area (Å²) in [5.41, 5.74) is 1.04. The lowest BCUT2D eigenvalue weighted by Crippen LogP contribution is -2.42. The summed E-state index contributed by atoms with van der Waals surface area (Å²) in [6, 6.07) is 9.82. The molecule has 0 saturated carbocycles. The zero-order valence-corrected chi connectivity index (χ0v) is 11.1. The number of hydrogen-bond donors (Lipinski definition) is 0. The summed E-state index contributed by atoms with van der Waals surface area (Å²) in [7, 11) is 0. The maximum atomic E-state index is 11.2. The maximum absolute atomic E-state index is 11.2. The number of esters is 1. The minimum Gasteiger partial charge on any atom is -0.458 e. The van der Waals surface area contributed by atoms with Crippen molar-refractivity contribution in [3.63, 3.8) is 0 Å². The fourth-order valence-corrected chi connectivity index (χ4v) is 3.30. The second-order valence-corrected chi connectivity index (χ2v) is 5.60. The molecule has 0 bridgehead atoms. The van der Waals surface area contributed by atoms with E-state index in [1.807, 2.05) is 30.3 Å². The topological polar surface area (TPSA) is 44.8 Å². The van der Waals surface area contributed by atoms with Crippen molar-refractivity contribution < 1.29 is 19.3 Å². The molecule has 0 aliphatic carbocycles. The molecular formula is C12H11IO4. The summed E-state index contributed by atoms with van der Waals surface area (Å²) in [6.07, 6.45) is -0.374. The number of hydrogen-bond acceptors (Lipinski definition) is 4. The number of ether oxygens (including phenoxy) is 1. The van der Waals surface area contributed by atoms with Crippen molar-refractivity contribution >= 4 is 28.6 Å². The third kappa shape index (κ3) is 2.07. The van der Waals surface area contributed by atoms with Gasteiger partial charge in [-0.3, -0.25) is 4.79 Å². The van der Waals surface area contributed by atoms with Gasteiger partial charge in [-0.1, -0.05) is 52.9 Å². The molecule has 0 radical (unpaired) electrons. The van der Waals surface area contributed by atoms with E-state index in [0.29, 0.717) is 0 Å². The molecule has 17 heavy (non-hydrogen) atoms. The Morgan fingerprint density at radius 1 is 1.18 bits per heavy atom. The Hall–Kier alpha value is -0.660. The summed E-state index contributed by atoms with van der Waals surface area (Å²) in [5.74, 6) is -0.209. The minimum atomic E-state index is -0.260. The molecule has 1 aromatic carbocycles. The van der Waals surface area contributed by atoms with Gasteiger partial charge in [-0.2, -0.15) is 0 Å². The molecule has 4 nitrogen and oxygen atoms in total. The van der Waals surface area contributed by atoms with Gasteiger partial charge in [0, 0.05) is 0 Å². The lowest BCUT2D eigenvalue weighted by molar-refractivity contribution is -0.382. The Labute approximate surface area is 112 Å². The third-order valence-electron chi connectivity index (χ3n) is 3.02. The van der Waals surface area contributed by atoms with Crippen molar-refractivity contribution in [1.29, 1.82) is 0 Å². The van der Waals surface area contributed by atoms with Crippen LogP contribution in [0.15, 0.2) is 30.3 Å². The van der Waals surface area contributed by atoms with Crippen LogP contribution in [0, 0.1) is 0 Å². The maximum Gasteiger partial charge on any atom is 0.309 e. The van der Waals surface area contributed by atoms with E-state index in [2.05, 4.69) is 22.6 Å². The molecule has 0 spiro atoms. The van der Waals surface area contributed by atoms with Crippen LogP contribution in [0.4, 0.5) is 0 Å². The Kier molecular flexibility index (Phi) is 3.06. The van der Waals surface area contributed by atoms with Gasteiger partial charge in [0.05, 0.1) is 10.3 Å². The number of fused-ring (bicyclic) bond motifs is 1. The van der Waals surface area contributed by atoms with Crippen molar-refractivity contribution in [3.05, 3.63) is 35.9 Å². The molecule has 2 heterocycles. The Bertz CT molecular complexity index is 422. The molecule has 5 heteroatoms. The van der Waals surface area contributed by atoms with Crippen LogP contribution in [0.25, 0.3) is 0 Å². The van der Waals surface area contributed by atoms with Gasteiger partial charge in [0.1, 0.15) is 18.3 Å². The number of benzene rings is 1. The Balaban J connectivity index is 1.83. The van der Waals surface area contributed by atoms with Crippen LogP contribution < -0.4 is 0 Å². The van der Waals surface area contributed by atoms with Crippen LogP contribution in [0.3, 0.4) is 0 Å². The van der Waals surface area contributed by atoms with Crippen LogP contribution in [0.2, 0.25) is 0 Å². The number of carbonyl (C=O) groups is 1. The van der Waals surface area contributed by atoms with Crippen molar-refractivity contribution in [2.75, 3.05) is 0 Å². The lowest BCUT2D eigenvalue weighted by atomic mass is 10.00. The largest absolute Gasteiger partial charge is 0.458 e. The first-order chi connectivity index (χ1) is 8.25. The lowest BCUT2D eigenvalue weighted by Gasteiger charge is -2.34. The van der Waals surface area contributed by atoms with Crippen LogP contribution in [0.5, 0.6) is 0 Å². The molecule has 2 fully saturated rings. The van der Waals surface area contributed by atoms with E-state index in [1.54, 1.807) is 0 Å². The first-order valence-electron chi connectivity index (χ1n) is 5.46. The van der Waals surface area contributed by atoms with E-state index in [1.165, 1.54) is 0 Å². The molecule has 0 amide bonds. The highest BCUT2D eigenvalue weighted by atomic mass is 127. The second-order valence-electron chi connectivity index (χ2n) is 4.17. The molecule has 3 rings (SSSR count). The normalized spacial score (nSPS) is 36.4. The SMILES string of the molecule is O=C1C[C@@H]2OO[C@H](c3ccccc3)C(I)[C@@H]2O1. The molecule has 1 unspecified atom stereocenters. The van der Waals surface area contributed by atoms with E-state index in [0.717, 1.165) is 5.56 Å². The first-order valence-corrected chi connectivity index (χ1v) is 6.71. The quantitative estimate of drug-likeness (QED) is 0.338. The van der Waals surface area contributed by atoms with Gasteiger partial charge in [0.25, 0.3) is 0 Å². The van der Waals surface area contributed by atoms with Gasteiger partial charge in [-0.25, -0.2) is 9.78 Å². The number of alkyl halides is 1. The first kappa shape index (κ1) is 11.4. The van der Waals surface area contributed by atoms with Crippen LogP contribution >= 0.6 is 22.6 Å². The van der Waals surface area contributed by atoms with E-state index in [9.17, 15) is 4.79 Å². The van der Waals surface area contributed by atoms with Gasteiger partial charge in [0.15, 0.2) is 0 Å². The fourth-order valence-electron chi connectivity index (χ4n) is 2.15. The van der Waals surface area contributed by atoms with Crippen molar-refractivity contribution in [3.8, 4) is 0 Å². The van der Waals surface area contributed by atoms with Crippen molar-refractivity contribution in [2.45, 2.75) is 28.7 Å². The van der Waals surface area contributed by atoms with Gasteiger partial charge >= 0.3 is 5.97 Å². The molecule has 90 valence electrons. The predicted molar refractivity (Wildman–Crippen MR) is 67.4 cm³/mol. The summed E-state index contributed by atoms with van der Waals surface area (Å²) in [6.45, 7) is 0. The summed E-state index contributed by atoms with van der Waals surface area (Å²) < 4.78 is 5.35. The summed E-state index contributed by atoms with van der Waals surface area (Å²) >= 11 is 2.27. The van der Waals surface area contributed by atoms with E-state index < -0.39 is 0 Å². The van der Waals surface area contributed by atoms with Crippen LogP contribution in [-0.4, -0.2) is 22.1 Å². The smallest absolute Gasteiger partial charge is 0.309 e. The van der Waals surface area contributed by atoms with Crippen molar-refractivity contribution in [1.82, 2.24) is 0 Å². The van der Waals surface area contributed by atoms with Crippen LogP contribution in [0.1, 0.15) is 18.1 Å². The highest BCUT2D eigenvalue weighted by Gasteiger charge is 2.48. The van der Waals surface area contributed by atoms with Gasteiger partial charge in [-0.15, -0.1) is 0 Å². The average Bonchev–Trinajstić information content (AvgIpc) is 2.72. The van der Waals surface area contributed by atoms with Gasteiger partial charge < -0.3 is 4.74 Å². The summed E-state index contributed by atoms with van der Waals surface area (Å²) in [4.78, 5) is 21.9. The van der Waals surface area contributed by atoms with Crippen molar-refractivity contribution in [2.24, 2.45) is 0 Å². The molecule has 2 aliphatic rings. The minimum absolute atomic E-state index is 0.0696. The second kappa shape index (κ2) is 4.55. The molecule has 2 aliphatic heterocycles. The number of rotatable bonds is 1. The third-order valence-corrected chi connectivity index (χ3v) is 4.38. The molecule has 0 N–H and O–H groups in total. The van der Waals surface area contributed by atoms with E-state index in [4.69, 9.17) is 14.5 Å². The highest BCUT2D eigenvalue weighted by molar-refractivity contribution is 14.1. The number of halogens is 1. The predicted octanol–water partition coefficient (Wildman–Crippen LogP) is 2.18. The fraction of sp³-hybridized carbons (Fsp3) is 0.417. The molecular weight excluding hydrogens is 335 g/mol. The zero-order valence-electron chi connectivity index (χ0n) is 8.91. The highest BCUT2D eigenvalue weighted by Crippen LogP contribution is 2.40. The number of carbonyl (C=O) groups excluding carboxylic acids is 1. The molecule has 1 aromatic rings. The van der Waals surface area contributed by atoms with Gasteiger partial charge in [-0.05, 0) is 5.56 Å². The molecule has 4 atom stereocenters. The van der Waals surface area contributed by atoms with Gasteiger partial charge in [0.2, 0.25) is 0 Å². The summed E-state index contributed by atoms with van der Waals surface area (Å²) in [5, 5.41) is 0. The van der Waals surface area contributed by atoms with Crippen LogP contribution in [-0.2, 0) is 19.3 Å². The average molecular weight is 346 g/mol. The monoisotopic (exact) mass is 346 g/mol.